The highest BCUT2D eigenvalue weighted by Gasteiger charge is 2.47. The molecule has 1 heterocycles. The van der Waals surface area contributed by atoms with Crippen LogP contribution in [0.15, 0.2) is 140 Å². The van der Waals surface area contributed by atoms with E-state index in [1.807, 2.05) is 71.4 Å². The van der Waals surface area contributed by atoms with Gasteiger partial charge in [0, 0.05) is 18.1 Å². The van der Waals surface area contributed by atoms with E-state index in [0.29, 0.717) is 17.7 Å². The molecule has 0 radical (unpaired) electrons. The van der Waals surface area contributed by atoms with Crippen molar-refractivity contribution in [1.29, 1.82) is 0 Å². The van der Waals surface area contributed by atoms with Crippen LogP contribution in [0.5, 0.6) is 0 Å². The topological polar surface area (TPSA) is 38.0 Å². The Morgan fingerprint density at radius 3 is 0.895 bits per heavy atom. The van der Waals surface area contributed by atoms with E-state index in [1.165, 1.54) is 83.5 Å². The number of pyridine rings is 1. The molecule has 0 aliphatic heterocycles. The van der Waals surface area contributed by atoms with Crippen LogP contribution in [0, 0.1) is 0 Å². The number of ketones is 2. The lowest BCUT2D eigenvalue weighted by atomic mass is 9.12. The first-order valence-electron chi connectivity index (χ1n) is 29.8. The first-order chi connectivity index (χ1) is 44.0. The molecule has 6 aromatic carbocycles. The van der Waals surface area contributed by atoms with Crippen LogP contribution in [0.1, 0.15) is 175 Å². The number of alkyl halides is 24. The second-order valence-electron chi connectivity index (χ2n) is 23.0. The van der Waals surface area contributed by atoms with Gasteiger partial charge in [-0.2, -0.15) is 132 Å². The molecule has 28 heteroatoms. The van der Waals surface area contributed by atoms with Crippen molar-refractivity contribution in [2.45, 2.75) is 166 Å². The van der Waals surface area contributed by atoms with Crippen molar-refractivity contribution in [2.24, 2.45) is 0 Å². The van der Waals surface area contributed by atoms with Gasteiger partial charge in [0.1, 0.15) is 6.15 Å². The molecule has 95 heavy (non-hydrogen) atoms. The predicted octanol–water partition coefficient (Wildman–Crippen LogP) is 20.7. The van der Waals surface area contributed by atoms with Crippen LogP contribution >= 0.6 is 0 Å². The fourth-order valence-electron chi connectivity index (χ4n) is 11.4. The van der Waals surface area contributed by atoms with Crippen LogP contribution in [0.4, 0.5) is 105 Å². The molecule has 0 spiro atoms. The summed E-state index contributed by atoms with van der Waals surface area (Å²) in [6.07, 6.45) is -32.7. The number of carbonyl (C=O) groups excluding carboxylic acids is 2. The number of carbonyl (C=O) groups is 2. The Kier molecular flexibility index (Phi) is 24.7. The second-order valence-corrected chi connectivity index (χ2v) is 23.0. The third kappa shape index (κ3) is 20.5. The van der Waals surface area contributed by atoms with E-state index < -0.39 is 195 Å². The van der Waals surface area contributed by atoms with E-state index in [0.717, 1.165) is 23.6 Å². The van der Waals surface area contributed by atoms with E-state index in [9.17, 15) is 115 Å². The predicted molar refractivity (Wildman–Crippen MR) is 309 cm³/mol. The quantitative estimate of drug-likeness (QED) is 0.0199. The molecular formula is C67H60BF24NO2. The molecule has 0 atom stereocenters. The number of nitrogens with zero attached hydrogens (tertiary/aromatic N) is 1. The van der Waals surface area contributed by atoms with Gasteiger partial charge in [0.2, 0.25) is 18.1 Å². The molecule has 0 saturated carbocycles. The van der Waals surface area contributed by atoms with Crippen LogP contribution in [-0.4, -0.2) is 17.7 Å². The van der Waals surface area contributed by atoms with Gasteiger partial charge in [0.25, 0.3) is 5.69 Å². The van der Waals surface area contributed by atoms with Gasteiger partial charge < -0.3 is 0 Å². The van der Waals surface area contributed by atoms with Gasteiger partial charge in [-0.15, -0.1) is 0 Å². The van der Waals surface area contributed by atoms with Crippen LogP contribution in [0.3, 0.4) is 0 Å². The Hall–Kier alpha value is -7.55. The van der Waals surface area contributed by atoms with E-state index in [4.69, 9.17) is 0 Å². The molecule has 0 bridgehead atoms. The minimum atomic E-state index is -6.13. The zero-order valence-electron chi connectivity index (χ0n) is 50.2. The maximum Gasteiger partial charge on any atom is 0.416 e. The van der Waals surface area contributed by atoms with Crippen molar-refractivity contribution >= 4 is 50.3 Å². The number of hydrogen-bond donors (Lipinski definition) is 0. The van der Waals surface area contributed by atoms with Crippen molar-refractivity contribution in [1.82, 2.24) is 0 Å². The van der Waals surface area contributed by atoms with Crippen molar-refractivity contribution in [3.05, 3.63) is 195 Å². The molecule has 7 rings (SSSR count). The molecule has 516 valence electrons. The third-order valence-electron chi connectivity index (χ3n) is 16.1. The van der Waals surface area contributed by atoms with Gasteiger partial charge in [0.15, 0.2) is 6.20 Å². The Morgan fingerprint density at radius 2 is 0.600 bits per heavy atom. The molecular weight excluding hydrogens is 1320 g/mol. The molecule has 0 unspecified atom stereocenters. The average Bonchev–Trinajstić information content (AvgIpc) is 0.709. The Bertz CT molecular complexity index is 3290. The SMILES string of the molecule is CCCCCCCCCCCCCCCCCC(=O)c1c2ccccc2cc[n+]1CC(=O)c1ccccc1.FC(F)(F)c1cc([B-](c2cc(C(F)(F)F)cc(C(F)(F)F)c2)(c2cc(C(F)(F)F)cc(C(F)(F)F)c2)c2cc(C(F)(F)F)cc(C(F)(F)F)c2)cc(C(F)(F)F)c1. The van der Waals surface area contributed by atoms with Crippen LogP contribution in [0.25, 0.3) is 10.8 Å². The summed E-state index contributed by atoms with van der Waals surface area (Å²) in [6.45, 7) is 2.45. The summed E-state index contributed by atoms with van der Waals surface area (Å²) < 4.78 is 343. The minimum absolute atomic E-state index is 0.0203. The molecule has 0 N–H and O–H groups in total. The third-order valence-corrected chi connectivity index (χ3v) is 16.1. The smallest absolute Gasteiger partial charge is 0.287 e. The standard InChI is InChI=1S/C35H48NO2.C32H12BF24/c1-2-3-4-5-6-7-8-9-10-11-12-13-14-15-19-26-33(37)35-32-25-21-20-22-30(32)27-28-36(35)29-34(38)31-23-17-16-18-24-31;34-25(35,36)13-1-14(26(37,38)39)6-21(5-13)33(22-7-15(27(40,41)42)2-16(8-22)28(43,44)45,23-9-17(29(46,47)48)3-18(10-23)30(49,50)51)24-11-19(31(52,53)54)4-20(12-24)32(55,56)57/h16-18,20-25,27-28H,2-15,19,26,29H2,1H3;1-12H/q+1;-1. The fourth-order valence-corrected chi connectivity index (χ4v) is 11.4. The van der Waals surface area contributed by atoms with Gasteiger partial charge in [0.05, 0.1) is 49.9 Å². The van der Waals surface area contributed by atoms with Crippen molar-refractivity contribution in [3.63, 3.8) is 0 Å². The molecule has 0 saturated heterocycles. The highest BCUT2D eigenvalue weighted by Crippen LogP contribution is 2.42. The molecule has 7 aromatic rings. The zero-order valence-corrected chi connectivity index (χ0v) is 50.2. The maximum atomic E-state index is 14.2. The number of aromatic nitrogens is 1. The highest BCUT2D eigenvalue weighted by atomic mass is 19.4. The molecule has 1 aromatic heterocycles. The average molecular weight is 1380 g/mol. The summed E-state index contributed by atoms with van der Waals surface area (Å²) in [5, 5.41) is 1.97. The summed E-state index contributed by atoms with van der Waals surface area (Å²) in [5.41, 5.74) is -28.9. The lowest BCUT2D eigenvalue weighted by molar-refractivity contribution is -0.683. The van der Waals surface area contributed by atoms with E-state index in [1.54, 1.807) is 0 Å². The molecule has 0 fully saturated rings. The second kappa shape index (κ2) is 30.7. The number of hydrogen-bond acceptors (Lipinski definition) is 2. The highest BCUT2D eigenvalue weighted by molar-refractivity contribution is 7.20. The maximum absolute atomic E-state index is 14.2. The van der Waals surface area contributed by atoms with E-state index in [2.05, 4.69) is 6.92 Å². The first-order valence-corrected chi connectivity index (χ1v) is 29.8. The molecule has 0 amide bonds. The summed E-state index contributed by atoms with van der Waals surface area (Å²) in [6, 6.07) is 10.5. The number of benzene rings is 6. The lowest BCUT2D eigenvalue weighted by Gasteiger charge is -2.46. The van der Waals surface area contributed by atoms with Crippen molar-refractivity contribution in [3.8, 4) is 0 Å². The van der Waals surface area contributed by atoms with Gasteiger partial charge in [-0.25, -0.2) is 0 Å². The van der Waals surface area contributed by atoms with Gasteiger partial charge in [-0.3, -0.25) is 9.59 Å². The number of fused-ring (bicyclic) bond motifs is 1. The van der Waals surface area contributed by atoms with Gasteiger partial charge >= 0.3 is 49.4 Å². The minimum Gasteiger partial charge on any atom is -0.287 e. The van der Waals surface area contributed by atoms with Crippen LogP contribution in [-0.2, 0) is 56.0 Å². The Balaban J connectivity index is 0.000000326. The number of Topliss-reactive ketones (excluding diaryl/α,β-unsaturated/α-hetero) is 2. The number of halogens is 24. The molecule has 0 aliphatic carbocycles. The Morgan fingerprint density at radius 1 is 0.326 bits per heavy atom. The number of rotatable bonds is 24. The molecule has 0 aliphatic rings. The van der Waals surface area contributed by atoms with Crippen LogP contribution < -0.4 is 26.4 Å². The largest absolute Gasteiger partial charge is 0.416 e. The van der Waals surface area contributed by atoms with Gasteiger partial charge in [-0.05, 0) is 42.1 Å². The summed E-state index contributed by atoms with van der Waals surface area (Å²) >= 11 is 0. The van der Waals surface area contributed by atoms with E-state index >= 15 is 0 Å². The lowest BCUT2D eigenvalue weighted by Crippen LogP contribution is -2.75. The summed E-state index contributed by atoms with van der Waals surface area (Å²) in [4.78, 5) is 26.3. The zero-order chi connectivity index (χ0) is 70.8. The number of unbranched alkanes of at least 4 members (excludes halogenated alkanes) is 14. The Labute approximate surface area is 529 Å². The fraction of sp³-hybridized carbons (Fsp3) is 0.388. The van der Waals surface area contributed by atoms with Gasteiger partial charge in [-0.1, -0.05) is 194 Å². The first kappa shape index (κ1) is 76.5. The summed E-state index contributed by atoms with van der Waals surface area (Å²) in [7, 11) is 0. The van der Waals surface area contributed by atoms with Crippen LogP contribution in [0.2, 0.25) is 0 Å². The van der Waals surface area contributed by atoms with Crippen molar-refractivity contribution in [2.75, 3.05) is 0 Å². The normalized spacial score (nSPS) is 13.1. The molecule has 3 nitrogen and oxygen atoms in total. The van der Waals surface area contributed by atoms with Crippen molar-refractivity contribution < 1.29 is 120 Å². The monoisotopic (exact) mass is 1380 g/mol. The summed E-state index contributed by atoms with van der Waals surface area (Å²) in [5.74, 6) is 0.157. The van der Waals surface area contributed by atoms with E-state index in [-0.39, 0.29) is 18.1 Å².